The molecule has 1 atom stereocenters. The maximum Gasteiger partial charge on any atom is 0.523 e. The standard InChI is InChI=1S/C11H11F3O4S/c1-8(15)10(7-9-5-3-2-4-6-9)18-19(16,17)11(12,13)14/h2-6,10H,7H2,1H3/t10-/m0/s1. The third kappa shape index (κ3) is 4.32. The van der Waals surface area contributed by atoms with E-state index >= 15 is 0 Å². The molecule has 8 heteroatoms. The Kier molecular flexibility index (Phi) is 4.70. The minimum absolute atomic E-state index is 0.245. The van der Waals surface area contributed by atoms with E-state index < -0.39 is 27.5 Å². The molecule has 0 heterocycles. The van der Waals surface area contributed by atoms with E-state index in [1.54, 1.807) is 30.3 Å². The van der Waals surface area contributed by atoms with Gasteiger partial charge in [0.25, 0.3) is 0 Å². The van der Waals surface area contributed by atoms with Crippen molar-refractivity contribution in [2.24, 2.45) is 0 Å². The molecule has 1 rings (SSSR count). The molecule has 0 aromatic heterocycles. The van der Waals surface area contributed by atoms with E-state index in [1.165, 1.54) is 0 Å². The molecule has 4 nitrogen and oxygen atoms in total. The Bertz CT molecular complexity index is 537. The maximum absolute atomic E-state index is 12.2. The number of benzene rings is 1. The second kappa shape index (κ2) is 5.70. The lowest BCUT2D eigenvalue weighted by Crippen LogP contribution is -2.34. The summed E-state index contributed by atoms with van der Waals surface area (Å²) in [6, 6.07) is 8.02. The highest BCUT2D eigenvalue weighted by Crippen LogP contribution is 2.26. The molecular weight excluding hydrogens is 285 g/mol. The number of ketones is 1. The van der Waals surface area contributed by atoms with Crippen LogP contribution in [0.15, 0.2) is 30.3 Å². The number of hydrogen-bond acceptors (Lipinski definition) is 4. The third-order valence-corrected chi connectivity index (χ3v) is 3.30. The molecule has 1 aromatic rings. The molecule has 0 aliphatic rings. The Morgan fingerprint density at radius 1 is 1.26 bits per heavy atom. The summed E-state index contributed by atoms with van der Waals surface area (Å²) in [4.78, 5) is 11.2. The fourth-order valence-electron chi connectivity index (χ4n) is 1.28. The fraction of sp³-hybridized carbons (Fsp3) is 0.364. The summed E-state index contributed by atoms with van der Waals surface area (Å²) in [5.41, 5.74) is -5.04. The van der Waals surface area contributed by atoms with Crippen LogP contribution in [-0.2, 0) is 25.5 Å². The van der Waals surface area contributed by atoms with Crippen LogP contribution in [0, 0.1) is 0 Å². The minimum atomic E-state index is -5.78. The van der Waals surface area contributed by atoms with Gasteiger partial charge in [0.15, 0.2) is 5.78 Å². The largest absolute Gasteiger partial charge is 0.523 e. The molecule has 0 aliphatic carbocycles. The van der Waals surface area contributed by atoms with Crippen molar-refractivity contribution in [3.63, 3.8) is 0 Å². The Hall–Kier alpha value is -1.41. The number of Topliss-reactive ketones (excluding diaryl/α,β-unsaturated/α-hetero) is 1. The number of halogens is 3. The number of carbonyl (C=O) groups is 1. The Balaban J connectivity index is 2.90. The van der Waals surface area contributed by atoms with Gasteiger partial charge in [0.2, 0.25) is 0 Å². The van der Waals surface area contributed by atoms with E-state index in [4.69, 9.17) is 0 Å². The average Bonchev–Trinajstić information content (AvgIpc) is 2.27. The van der Waals surface area contributed by atoms with Gasteiger partial charge in [0.05, 0.1) is 0 Å². The van der Waals surface area contributed by atoms with Gasteiger partial charge in [-0.25, -0.2) is 0 Å². The number of carbonyl (C=O) groups excluding carboxylic acids is 1. The molecule has 1 aromatic carbocycles. The first-order chi connectivity index (χ1) is 8.63. The Labute approximate surface area is 108 Å². The van der Waals surface area contributed by atoms with Crippen LogP contribution in [-0.4, -0.2) is 25.8 Å². The van der Waals surface area contributed by atoms with Gasteiger partial charge in [0, 0.05) is 6.42 Å². The summed E-state index contributed by atoms with van der Waals surface area (Å²) in [5, 5.41) is 0. The molecule has 0 unspecified atom stereocenters. The molecule has 0 saturated carbocycles. The Morgan fingerprint density at radius 3 is 2.21 bits per heavy atom. The topological polar surface area (TPSA) is 60.4 Å². The van der Waals surface area contributed by atoms with E-state index in [0.717, 1.165) is 6.92 Å². The second-order valence-corrected chi connectivity index (χ2v) is 5.35. The fourth-order valence-corrected chi connectivity index (χ4v) is 1.90. The highest BCUT2D eigenvalue weighted by atomic mass is 32.2. The molecule has 0 amide bonds. The lowest BCUT2D eigenvalue weighted by Gasteiger charge is -2.16. The van der Waals surface area contributed by atoms with Crippen LogP contribution in [0.25, 0.3) is 0 Å². The van der Waals surface area contributed by atoms with E-state index in [1.807, 2.05) is 0 Å². The van der Waals surface area contributed by atoms with Crippen molar-refractivity contribution in [3.05, 3.63) is 35.9 Å². The summed E-state index contributed by atoms with van der Waals surface area (Å²) in [5.74, 6) is -0.795. The van der Waals surface area contributed by atoms with Gasteiger partial charge in [0.1, 0.15) is 6.10 Å². The molecule has 0 saturated heterocycles. The number of alkyl halides is 3. The zero-order chi connectivity index (χ0) is 14.7. The number of rotatable bonds is 5. The number of hydrogen-bond donors (Lipinski definition) is 0. The average molecular weight is 296 g/mol. The van der Waals surface area contributed by atoms with Gasteiger partial charge < -0.3 is 0 Å². The normalized spacial score (nSPS) is 14.1. The summed E-state index contributed by atoms with van der Waals surface area (Å²) in [7, 11) is -5.78. The van der Waals surface area contributed by atoms with Gasteiger partial charge in [-0.3, -0.25) is 8.98 Å². The Morgan fingerprint density at radius 2 is 1.79 bits per heavy atom. The third-order valence-electron chi connectivity index (χ3n) is 2.24. The zero-order valence-corrected chi connectivity index (χ0v) is 10.7. The first kappa shape index (κ1) is 15.6. The van der Waals surface area contributed by atoms with E-state index in [9.17, 15) is 26.4 Å². The van der Waals surface area contributed by atoms with Gasteiger partial charge in [-0.1, -0.05) is 30.3 Å². The van der Waals surface area contributed by atoms with E-state index in [0.29, 0.717) is 5.56 Å². The molecule has 0 fully saturated rings. The molecule has 0 N–H and O–H groups in total. The van der Waals surface area contributed by atoms with Crippen LogP contribution in [0.4, 0.5) is 13.2 Å². The van der Waals surface area contributed by atoms with Crippen molar-refractivity contribution in [2.75, 3.05) is 0 Å². The smallest absolute Gasteiger partial charge is 0.297 e. The van der Waals surface area contributed by atoms with Crippen molar-refractivity contribution < 1.29 is 30.6 Å². The van der Waals surface area contributed by atoms with Crippen molar-refractivity contribution in [3.8, 4) is 0 Å². The predicted octanol–water partition coefficient (Wildman–Crippen LogP) is 2.05. The zero-order valence-electron chi connectivity index (χ0n) is 9.85. The van der Waals surface area contributed by atoms with Crippen LogP contribution in [0.5, 0.6) is 0 Å². The van der Waals surface area contributed by atoms with Crippen LogP contribution in [0.2, 0.25) is 0 Å². The molecule has 0 spiro atoms. The first-order valence-corrected chi connectivity index (χ1v) is 6.58. The van der Waals surface area contributed by atoms with Crippen molar-refractivity contribution >= 4 is 15.9 Å². The van der Waals surface area contributed by atoms with Gasteiger partial charge >= 0.3 is 15.6 Å². The molecule has 0 aliphatic heterocycles. The summed E-state index contributed by atoms with van der Waals surface area (Å²) >= 11 is 0. The lowest BCUT2D eigenvalue weighted by molar-refractivity contribution is -0.124. The second-order valence-electron chi connectivity index (χ2n) is 3.79. The van der Waals surface area contributed by atoms with E-state index in [-0.39, 0.29) is 6.42 Å². The monoisotopic (exact) mass is 296 g/mol. The van der Waals surface area contributed by atoms with Gasteiger partial charge in [-0.2, -0.15) is 21.6 Å². The lowest BCUT2D eigenvalue weighted by atomic mass is 10.1. The van der Waals surface area contributed by atoms with Gasteiger partial charge in [-0.05, 0) is 12.5 Å². The highest BCUT2D eigenvalue weighted by Gasteiger charge is 2.49. The summed E-state index contributed by atoms with van der Waals surface area (Å²) in [6.07, 6.45) is -1.93. The summed E-state index contributed by atoms with van der Waals surface area (Å²) < 4.78 is 62.2. The van der Waals surface area contributed by atoms with Crippen LogP contribution >= 0.6 is 0 Å². The van der Waals surface area contributed by atoms with Crippen LogP contribution < -0.4 is 0 Å². The predicted molar refractivity (Wildman–Crippen MR) is 60.7 cm³/mol. The molecule has 0 bridgehead atoms. The minimum Gasteiger partial charge on any atom is -0.297 e. The van der Waals surface area contributed by atoms with Gasteiger partial charge in [-0.15, -0.1) is 0 Å². The summed E-state index contributed by atoms with van der Waals surface area (Å²) in [6.45, 7) is 0.972. The molecular formula is C11H11F3O4S. The van der Waals surface area contributed by atoms with Crippen molar-refractivity contribution in [1.29, 1.82) is 0 Å². The quantitative estimate of drug-likeness (QED) is 0.616. The highest BCUT2D eigenvalue weighted by molar-refractivity contribution is 7.87. The molecule has 0 radical (unpaired) electrons. The van der Waals surface area contributed by atoms with Crippen molar-refractivity contribution in [2.45, 2.75) is 25.0 Å². The molecule has 19 heavy (non-hydrogen) atoms. The van der Waals surface area contributed by atoms with Crippen LogP contribution in [0.1, 0.15) is 12.5 Å². The van der Waals surface area contributed by atoms with Crippen molar-refractivity contribution in [1.82, 2.24) is 0 Å². The first-order valence-electron chi connectivity index (χ1n) is 5.17. The SMILES string of the molecule is CC(=O)[C@H](Cc1ccccc1)OS(=O)(=O)C(F)(F)F. The van der Waals surface area contributed by atoms with E-state index in [2.05, 4.69) is 4.18 Å². The molecule has 106 valence electrons. The maximum atomic E-state index is 12.2. The van der Waals surface area contributed by atoms with Crippen LogP contribution in [0.3, 0.4) is 0 Å².